The molecule has 0 aliphatic carbocycles. The molecule has 0 amide bonds. The first-order valence-corrected chi connectivity index (χ1v) is 10.6. The normalized spacial score (nSPS) is 18.5. The summed E-state index contributed by atoms with van der Waals surface area (Å²) in [6.45, 7) is 7.77. The zero-order valence-corrected chi connectivity index (χ0v) is 17.2. The number of halogens is 1. The van der Waals surface area contributed by atoms with Crippen molar-refractivity contribution in [3.63, 3.8) is 0 Å². The van der Waals surface area contributed by atoms with Gasteiger partial charge in [-0.05, 0) is 74.9 Å². The van der Waals surface area contributed by atoms with Crippen LogP contribution in [0.1, 0.15) is 38.2 Å². The number of aliphatic imine (C=N–C) groups is 1. The van der Waals surface area contributed by atoms with Gasteiger partial charge in [0.05, 0.1) is 0 Å². The lowest BCUT2D eigenvalue weighted by Crippen LogP contribution is -2.39. The Morgan fingerprint density at radius 1 is 1.29 bits per heavy atom. The Kier molecular flexibility index (Phi) is 7.71. The van der Waals surface area contributed by atoms with E-state index in [1.54, 1.807) is 19.2 Å². The quantitative estimate of drug-likeness (QED) is 0.369. The molecule has 154 valence electrons. The van der Waals surface area contributed by atoms with Crippen LogP contribution in [-0.2, 0) is 6.42 Å². The van der Waals surface area contributed by atoms with E-state index in [-0.39, 0.29) is 5.82 Å². The maximum absolute atomic E-state index is 13.5. The molecule has 2 aromatic rings. The first-order valence-electron chi connectivity index (χ1n) is 10.6. The van der Waals surface area contributed by atoms with Crippen LogP contribution in [0, 0.1) is 11.7 Å². The van der Waals surface area contributed by atoms with Crippen molar-refractivity contribution in [1.29, 1.82) is 0 Å². The number of piperidine rings is 1. The Morgan fingerprint density at radius 2 is 2.14 bits per heavy atom. The summed E-state index contributed by atoms with van der Waals surface area (Å²) in [5.41, 5.74) is 2.09. The minimum absolute atomic E-state index is 0.196. The van der Waals surface area contributed by atoms with Crippen LogP contribution >= 0.6 is 0 Å². The summed E-state index contributed by atoms with van der Waals surface area (Å²) in [6, 6.07) is 4.86. The van der Waals surface area contributed by atoms with Crippen LogP contribution in [0.2, 0.25) is 0 Å². The number of rotatable bonds is 8. The molecule has 3 rings (SSSR count). The second kappa shape index (κ2) is 10.5. The molecule has 1 aromatic carbocycles. The number of hydrogen-bond acceptors (Lipinski definition) is 2. The van der Waals surface area contributed by atoms with Gasteiger partial charge in [-0.1, -0.05) is 6.92 Å². The van der Waals surface area contributed by atoms with Crippen LogP contribution in [0.5, 0.6) is 0 Å². The van der Waals surface area contributed by atoms with Gasteiger partial charge in [0.2, 0.25) is 0 Å². The predicted molar refractivity (Wildman–Crippen MR) is 115 cm³/mol. The van der Waals surface area contributed by atoms with Gasteiger partial charge in [-0.3, -0.25) is 4.99 Å². The number of nitrogens with one attached hydrogen (secondary N) is 3. The smallest absolute Gasteiger partial charge is 0.190 e. The second-order valence-corrected chi connectivity index (χ2v) is 7.93. The van der Waals surface area contributed by atoms with Crippen LogP contribution in [0.25, 0.3) is 10.9 Å². The van der Waals surface area contributed by atoms with Gasteiger partial charge in [0.15, 0.2) is 5.96 Å². The van der Waals surface area contributed by atoms with Crippen molar-refractivity contribution in [3.05, 3.63) is 35.8 Å². The molecule has 1 aromatic heterocycles. The zero-order chi connectivity index (χ0) is 19.8. The number of hydrogen-bond donors (Lipinski definition) is 3. The van der Waals surface area contributed by atoms with E-state index in [1.165, 1.54) is 45.0 Å². The van der Waals surface area contributed by atoms with E-state index in [4.69, 9.17) is 0 Å². The molecule has 1 saturated heterocycles. The number of fused-ring (bicyclic) bond motifs is 1. The Bertz CT molecular complexity index is 769. The highest BCUT2D eigenvalue weighted by Gasteiger charge is 2.15. The number of aromatic nitrogens is 1. The molecule has 0 radical (unpaired) electrons. The van der Waals surface area contributed by atoms with Crippen LogP contribution in [0.15, 0.2) is 29.4 Å². The second-order valence-electron chi connectivity index (χ2n) is 7.93. The van der Waals surface area contributed by atoms with Crippen molar-refractivity contribution in [1.82, 2.24) is 20.5 Å². The molecule has 1 aliphatic heterocycles. The predicted octanol–water partition coefficient (Wildman–Crippen LogP) is 3.53. The zero-order valence-electron chi connectivity index (χ0n) is 17.2. The number of H-pyrrole nitrogens is 1. The Hall–Kier alpha value is -2.08. The Balaban J connectivity index is 1.32. The van der Waals surface area contributed by atoms with E-state index >= 15 is 0 Å². The van der Waals surface area contributed by atoms with Crippen LogP contribution in [0.3, 0.4) is 0 Å². The summed E-state index contributed by atoms with van der Waals surface area (Å²) in [7, 11) is 1.80. The number of guanidine groups is 1. The third kappa shape index (κ3) is 5.96. The fourth-order valence-corrected chi connectivity index (χ4v) is 4.05. The third-order valence-electron chi connectivity index (χ3n) is 5.57. The van der Waals surface area contributed by atoms with E-state index < -0.39 is 0 Å². The summed E-state index contributed by atoms with van der Waals surface area (Å²) in [5, 5.41) is 7.70. The van der Waals surface area contributed by atoms with Gasteiger partial charge in [0.25, 0.3) is 0 Å². The molecule has 0 bridgehead atoms. The molecule has 1 aliphatic rings. The highest BCUT2D eigenvalue weighted by Crippen LogP contribution is 2.19. The first kappa shape index (κ1) is 20.6. The molecule has 3 N–H and O–H groups in total. The van der Waals surface area contributed by atoms with E-state index in [0.29, 0.717) is 0 Å². The Morgan fingerprint density at radius 3 is 2.96 bits per heavy atom. The maximum Gasteiger partial charge on any atom is 0.190 e. The largest absolute Gasteiger partial charge is 0.361 e. The highest BCUT2D eigenvalue weighted by molar-refractivity contribution is 5.83. The number of likely N-dealkylation sites (tertiary alicyclic amines) is 1. The lowest BCUT2D eigenvalue weighted by atomic mass is 10.0. The van der Waals surface area contributed by atoms with E-state index in [1.807, 2.05) is 6.20 Å². The van der Waals surface area contributed by atoms with Crippen molar-refractivity contribution < 1.29 is 4.39 Å². The summed E-state index contributed by atoms with van der Waals surface area (Å²) >= 11 is 0. The standard InChI is InChI=1S/C22H34FN5/c1-17-6-5-13-28(16-17)12-4-3-10-25-22(24-2)26-11-9-18-15-27-21-8-7-19(23)14-20(18)21/h7-8,14-15,17,27H,3-6,9-13,16H2,1-2H3,(H2,24,25,26). The van der Waals surface area contributed by atoms with Gasteiger partial charge in [-0.15, -0.1) is 0 Å². The molecule has 0 saturated carbocycles. The minimum Gasteiger partial charge on any atom is -0.361 e. The highest BCUT2D eigenvalue weighted by atomic mass is 19.1. The van der Waals surface area contributed by atoms with Gasteiger partial charge >= 0.3 is 0 Å². The van der Waals surface area contributed by atoms with Crippen LogP contribution in [0.4, 0.5) is 4.39 Å². The molecule has 0 spiro atoms. The molecule has 2 heterocycles. The molecule has 5 nitrogen and oxygen atoms in total. The monoisotopic (exact) mass is 387 g/mol. The van der Waals surface area contributed by atoms with Gasteiger partial charge in [0, 0.05) is 43.8 Å². The molecule has 1 unspecified atom stereocenters. The van der Waals surface area contributed by atoms with Gasteiger partial charge in [-0.2, -0.15) is 0 Å². The maximum atomic E-state index is 13.5. The molecular weight excluding hydrogens is 353 g/mol. The molecule has 1 atom stereocenters. The summed E-state index contributed by atoms with van der Waals surface area (Å²) in [4.78, 5) is 10.1. The van der Waals surface area contributed by atoms with E-state index in [9.17, 15) is 4.39 Å². The van der Waals surface area contributed by atoms with Crippen molar-refractivity contribution >= 4 is 16.9 Å². The van der Waals surface area contributed by atoms with Crippen molar-refractivity contribution in [3.8, 4) is 0 Å². The number of unbranched alkanes of at least 4 members (excludes halogenated alkanes) is 1. The van der Waals surface area contributed by atoms with E-state index in [2.05, 4.69) is 32.4 Å². The molecule has 1 fully saturated rings. The lowest BCUT2D eigenvalue weighted by molar-refractivity contribution is 0.181. The SMILES string of the molecule is CN=C(NCCCCN1CCCC(C)C1)NCCc1c[nH]c2ccc(F)cc12. The topological polar surface area (TPSA) is 55.5 Å². The van der Waals surface area contributed by atoms with Gasteiger partial charge in [-0.25, -0.2) is 4.39 Å². The average molecular weight is 388 g/mol. The van der Waals surface area contributed by atoms with Crippen molar-refractivity contribution in [2.75, 3.05) is 39.8 Å². The fraction of sp³-hybridized carbons (Fsp3) is 0.591. The first-order chi connectivity index (χ1) is 13.7. The van der Waals surface area contributed by atoms with Crippen LogP contribution < -0.4 is 10.6 Å². The summed E-state index contributed by atoms with van der Waals surface area (Å²) in [5.74, 6) is 1.49. The summed E-state index contributed by atoms with van der Waals surface area (Å²) < 4.78 is 13.5. The Labute approximate surface area is 167 Å². The van der Waals surface area contributed by atoms with Crippen molar-refractivity contribution in [2.24, 2.45) is 10.9 Å². The van der Waals surface area contributed by atoms with E-state index in [0.717, 1.165) is 54.3 Å². The fourth-order valence-electron chi connectivity index (χ4n) is 4.05. The van der Waals surface area contributed by atoms with Gasteiger partial charge in [0.1, 0.15) is 5.82 Å². The average Bonchev–Trinajstić information content (AvgIpc) is 3.08. The van der Waals surface area contributed by atoms with Crippen LogP contribution in [-0.4, -0.2) is 55.6 Å². The molecule has 28 heavy (non-hydrogen) atoms. The molecular formula is C22H34FN5. The minimum atomic E-state index is -0.196. The summed E-state index contributed by atoms with van der Waals surface area (Å²) in [6.07, 6.45) is 7.87. The number of nitrogens with zero attached hydrogens (tertiary/aromatic N) is 2. The van der Waals surface area contributed by atoms with Crippen molar-refractivity contribution in [2.45, 2.75) is 39.0 Å². The number of aromatic amines is 1. The van der Waals surface area contributed by atoms with Gasteiger partial charge < -0.3 is 20.5 Å². The third-order valence-corrected chi connectivity index (χ3v) is 5.57. The molecule has 6 heteroatoms. The number of benzene rings is 1. The lowest BCUT2D eigenvalue weighted by Gasteiger charge is -2.30.